The summed E-state index contributed by atoms with van der Waals surface area (Å²) in [6, 6.07) is 24.1. The van der Waals surface area contributed by atoms with E-state index in [9.17, 15) is 14.4 Å². The maximum Gasteiger partial charge on any atom is 0.313 e. The zero-order valence-corrected chi connectivity index (χ0v) is 17.4. The largest absolute Gasteiger partial charge is 0.352 e. The molecule has 3 aromatic rings. The summed E-state index contributed by atoms with van der Waals surface area (Å²) in [5.74, 6) is -1.90. The Kier molecular flexibility index (Phi) is 7.54. The number of benzene rings is 3. The minimum Gasteiger partial charge on any atom is -0.352 e. The van der Waals surface area contributed by atoms with Gasteiger partial charge in [0.05, 0.1) is 11.3 Å². The molecule has 0 radical (unpaired) electrons. The highest BCUT2D eigenvalue weighted by atomic mass is 16.2. The van der Waals surface area contributed by atoms with Gasteiger partial charge in [-0.05, 0) is 42.2 Å². The van der Waals surface area contributed by atoms with E-state index in [1.807, 2.05) is 61.5 Å². The maximum atomic E-state index is 12.6. The van der Waals surface area contributed by atoms with Crippen LogP contribution in [0, 0.1) is 6.92 Å². The average Bonchev–Trinajstić information content (AvgIpc) is 2.79. The van der Waals surface area contributed by atoms with Gasteiger partial charge in [-0.1, -0.05) is 66.7 Å². The van der Waals surface area contributed by atoms with Crippen LogP contribution < -0.4 is 16.0 Å². The molecule has 158 valence electrons. The van der Waals surface area contributed by atoms with Gasteiger partial charge in [0, 0.05) is 13.1 Å². The van der Waals surface area contributed by atoms with E-state index in [1.54, 1.807) is 24.3 Å². The molecule has 0 aliphatic carbocycles. The van der Waals surface area contributed by atoms with Gasteiger partial charge in [0.2, 0.25) is 0 Å². The standard InChI is InChI=1S/C25H25N3O3/c1-18-9-5-6-12-20(18)17-27-24(30)25(31)28-22-14-8-7-13-21(22)23(29)26-16-15-19-10-3-2-4-11-19/h2-14H,15-17H2,1H3,(H,26,29)(H,27,30)(H,28,31). The highest BCUT2D eigenvalue weighted by molar-refractivity contribution is 6.40. The van der Waals surface area contributed by atoms with Gasteiger partial charge >= 0.3 is 11.8 Å². The van der Waals surface area contributed by atoms with Crippen LogP contribution in [0.15, 0.2) is 78.9 Å². The topological polar surface area (TPSA) is 87.3 Å². The lowest BCUT2D eigenvalue weighted by molar-refractivity contribution is -0.136. The third-order valence-corrected chi connectivity index (χ3v) is 4.87. The molecule has 0 fully saturated rings. The Morgan fingerprint density at radius 1 is 0.742 bits per heavy atom. The molecular formula is C25H25N3O3. The quantitative estimate of drug-likeness (QED) is 0.518. The molecule has 3 amide bonds. The predicted octanol–water partition coefficient (Wildman–Crippen LogP) is 3.22. The number of hydrogen-bond donors (Lipinski definition) is 3. The second-order valence-electron chi connectivity index (χ2n) is 7.10. The lowest BCUT2D eigenvalue weighted by Gasteiger charge is -2.12. The van der Waals surface area contributed by atoms with Gasteiger partial charge in [-0.15, -0.1) is 0 Å². The second-order valence-corrected chi connectivity index (χ2v) is 7.10. The van der Waals surface area contributed by atoms with Crippen molar-refractivity contribution < 1.29 is 14.4 Å². The summed E-state index contributed by atoms with van der Waals surface area (Å²) in [5, 5.41) is 8.00. The van der Waals surface area contributed by atoms with Crippen molar-refractivity contribution in [2.24, 2.45) is 0 Å². The first-order chi connectivity index (χ1) is 15.0. The van der Waals surface area contributed by atoms with Gasteiger partial charge in [-0.3, -0.25) is 14.4 Å². The van der Waals surface area contributed by atoms with Crippen molar-refractivity contribution in [1.82, 2.24) is 10.6 Å². The molecule has 0 aromatic heterocycles. The minimum atomic E-state index is -0.821. The van der Waals surface area contributed by atoms with Crippen molar-refractivity contribution in [3.05, 3.63) is 101 Å². The van der Waals surface area contributed by atoms with Gasteiger partial charge in [0.15, 0.2) is 0 Å². The number of rotatable bonds is 7. The molecule has 0 atom stereocenters. The number of carbonyl (C=O) groups excluding carboxylic acids is 3. The molecule has 6 nitrogen and oxygen atoms in total. The Labute approximate surface area is 181 Å². The van der Waals surface area contributed by atoms with Crippen molar-refractivity contribution in [2.75, 3.05) is 11.9 Å². The van der Waals surface area contributed by atoms with E-state index in [0.717, 1.165) is 16.7 Å². The average molecular weight is 415 g/mol. The third kappa shape index (κ3) is 6.27. The zero-order valence-electron chi connectivity index (χ0n) is 17.4. The van der Waals surface area contributed by atoms with Gasteiger partial charge in [0.25, 0.3) is 5.91 Å². The van der Waals surface area contributed by atoms with Crippen molar-refractivity contribution >= 4 is 23.4 Å². The SMILES string of the molecule is Cc1ccccc1CNC(=O)C(=O)Nc1ccccc1C(=O)NCCc1ccccc1. The third-order valence-electron chi connectivity index (χ3n) is 4.87. The summed E-state index contributed by atoms with van der Waals surface area (Å²) < 4.78 is 0. The minimum absolute atomic E-state index is 0.251. The van der Waals surface area contributed by atoms with Crippen LogP contribution in [0.3, 0.4) is 0 Å². The van der Waals surface area contributed by atoms with Crippen LogP contribution in [0.25, 0.3) is 0 Å². The van der Waals surface area contributed by atoms with E-state index in [1.165, 1.54) is 0 Å². The van der Waals surface area contributed by atoms with E-state index >= 15 is 0 Å². The fourth-order valence-electron chi connectivity index (χ4n) is 3.09. The van der Waals surface area contributed by atoms with Crippen LogP contribution in [0.2, 0.25) is 0 Å². The molecule has 0 unspecified atom stereocenters. The van der Waals surface area contributed by atoms with Crippen LogP contribution in [-0.4, -0.2) is 24.3 Å². The molecule has 0 saturated heterocycles. The smallest absolute Gasteiger partial charge is 0.313 e. The molecule has 3 rings (SSSR count). The number of carbonyl (C=O) groups is 3. The molecule has 3 aromatic carbocycles. The fourth-order valence-corrected chi connectivity index (χ4v) is 3.09. The number of anilines is 1. The van der Waals surface area contributed by atoms with Gasteiger partial charge < -0.3 is 16.0 Å². The summed E-state index contributed by atoms with van der Waals surface area (Å²) in [7, 11) is 0. The lowest BCUT2D eigenvalue weighted by Crippen LogP contribution is -2.36. The molecule has 0 spiro atoms. The summed E-state index contributed by atoms with van der Waals surface area (Å²) in [5.41, 5.74) is 3.67. The molecule has 0 heterocycles. The molecule has 0 aliphatic heterocycles. The van der Waals surface area contributed by atoms with E-state index in [0.29, 0.717) is 18.5 Å². The molecule has 6 heteroatoms. The molecule has 0 saturated carbocycles. The first kappa shape index (κ1) is 21.8. The Bertz CT molecular complexity index is 1060. The van der Waals surface area contributed by atoms with Crippen molar-refractivity contribution in [3.8, 4) is 0 Å². The van der Waals surface area contributed by atoms with Crippen molar-refractivity contribution in [1.29, 1.82) is 0 Å². The molecule has 0 bridgehead atoms. The van der Waals surface area contributed by atoms with Crippen LogP contribution in [-0.2, 0) is 22.6 Å². The van der Waals surface area contributed by atoms with Crippen LogP contribution in [0.5, 0.6) is 0 Å². The summed E-state index contributed by atoms with van der Waals surface area (Å²) in [6.45, 7) is 2.65. The Hall–Kier alpha value is -3.93. The first-order valence-electron chi connectivity index (χ1n) is 10.1. The number of nitrogens with one attached hydrogen (secondary N) is 3. The number of para-hydroxylation sites is 1. The first-order valence-corrected chi connectivity index (χ1v) is 10.1. The lowest BCUT2D eigenvalue weighted by atomic mass is 10.1. The van der Waals surface area contributed by atoms with Crippen LogP contribution in [0.4, 0.5) is 5.69 Å². The second kappa shape index (κ2) is 10.7. The van der Waals surface area contributed by atoms with Gasteiger partial charge in [-0.25, -0.2) is 0 Å². The number of aryl methyl sites for hydroxylation is 1. The zero-order chi connectivity index (χ0) is 22.1. The number of amides is 3. The van der Waals surface area contributed by atoms with Gasteiger partial charge in [0.1, 0.15) is 0 Å². The molecule has 31 heavy (non-hydrogen) atoms. The fraction of sp³-hybridized carbons (Fsp3) is 0.160. The molecular weight excluding hydrogens is 390 g/mol. The summed E-state index contributed by atoms with van der Waals surface area (Å²) >= 11 is 0. The Morgan fingerprint density at radius 3 is 2.19 bits per heavy atom. The van der Waals surface area contributed by atoms with E-state index in [-0.39, 0.29) is 18.1 Å². The summed E-state index contributed by atoms with van der Waals surface area (Å²) in [4.78, 5) is 37.1. The number of hydrogen-bond acceptors (Lipinski definition) is 3. The van der Waals surface area contributed by atoms with Gasteiger partial charge in [-0.2, -0.15) is 0 Å². The summed E-state index contributed by atoms with van der Waals surface area (Å²) in [6.07, 6.45) is 0.697. The highest BCUT2D eigenvalue weighted by Crippen LogP contribution is 2.15. The monoisotopic (exact) mass is 415 g/mol. The van der Waals surface area contributed by atoms with E-state index in [2.05, 4.69) is 16.0 Å². The van der Waals surface area contributed by atoms with Crippen molar-refractivity contribution in [3.63, 3.8) is 0 Å². The van der Waals surface area contributed by atoms with Crippen molar-refractivity contribution in [2.45, 2.75) is 19.9 Å². The van der Waals surface area contributed by atoms with Crippen LogP contribution in [0.1, 0.15) is 27.0 Å². The predicted molar refractivity (Wildman–Crippen MR) is 121 cm³/mol. The Morgan fingerprint density at radius 2 is 1.42 bits per heavy atom. The van der Waals surface area contributed by atoms with Crippen LogP contribution >= 0.6 is 0 Å². The normalized spacial score (nSPS) is 10.2. The highest BCUT2D eigenvalue weighted by Gasteiger charge is 2.17. The molecule has 3 N–H and O–H groups in total. The van der Waals surface area contributed by atoms with E-state index in [4.69, 9.17) is 0 Å². The molecule has 0 aliphatic rings. The Balaban J connectivity index is 1.56. The maximum absolute atomic E-state index is 12.6. The van der Waals surface area contributed by atoms with E-state index < -0.39 is 11.8 Å².